The zero-order valence-electron chi connectivity index (χ0n) is 16.2. The number of carbonyl (C=O) groups is 1. The normalized spacial score (nSPS) is 14.7. The molecule has 0 atom stereocenters. The first-order chi connectivity index (χ1) is 13.1. The van der Waals surface area contributed by atoms with E-state index in [1.165, 1.54) is 22.4 Å². The van der Waals surface area contributed by atoms with Crippen LogP contribution in [0.1, 0.15) is 31.4 Å². The van der Waals surface area contributed by atoms with Gasteiger partial charge < -0.3 is 4.74 Å². The smallest absolute Gasteiger partial charge is 0.245 e. The van der Waals surface area contributed by atoms with Crippen molar-refractivity contribution in [1.29, 1.82) is 0 Å². The lowest BCUT2D eigenvalue weighted by molar-refractivity contribution is -0.119. The second-order valence-electron chi connectivity index (χ2n) is 7.07. The number of carbonyl (C=O) groups excluding carboxylic acids is 1. The van der Waals surface area contributed by atoms with Gasteiger partial charge in [-0.1, -0.05) is 25.6 Å². The number of aryl methyl sites for hydroxylation is 2. The summed E-state index contributed by atoms with van der Waals surface area (Å²) in [5, 5.41) is 0. The fourth-order valence-corrected chi connectivity index (χ4v) is 5.09. The van der Waals surface area contributed by atoms with Crippen molar-refractivity contribution >= 4 is 29.0 Å². The lowest BCUT2D eigenvalue weighted by Crippen LogP contribution is -2.39. The number of likely N-dealkylation sites (N-methyl/N-ethyl adjacent to an activating group) is 1. The fraction of sp³-hybridized carbons (Fsp3) is 0.409. The van der Waals surface area contributed by atoms with Crippen molar-refractivity contribution in [2.24, 2.45) is 0 Å². The first kappa shape index (κ1) is 18.4. The van der Waals surface area contributed by atoms with Crippen LogP contribution >= 0.6 is 11.8 Å². The van der Waals surface area contributed by atoms with Gasteiger partial charge in [-0.05, 0) is 73.8 Å². The number of anilines is 2. The van der Waals surface area contributed by atoms with Crippen molar-refractivity contribution in [2.45, 2.75) is 42.9 Å². The number of ether oxygens (including phenoxy) is 1. The van der Waals surface area contributed by atoms with E-state index in [0.29, 0.717) is 6.54 Å². The van der Waals surface area contributed by atoms with Gasteiger partial charge in [0.25, 0.3) is 0 Å². The molecule has 1 aliphatic carbocycles. The Labute approximate surface area is 165 Å². The molecule has 0 N–H and O–H groups in total. The van der Waals surface area contributed by atoms with Gasteiger partial charge in [0.2, 0.25) is 5.91 Å². The van der Waals surface area contributed by atoms with Gasteiger partial charge in [0.05, 0.1) is 25.0 Å². The molecule has 0 aromatic heterocycles. The Balaban J connectivity index is 1.80. The van der Waals surface area contributed by atoms with Crippen molar-refractivity contribution in [3.8, 4) is 5.75 Å². The summed E-state index contributed by atoms with van der Waals surface area (Å²) in [5.74, 6) is 0.951. The van der Waals surface area contributed by atoms with Crippen LogP contribution in [-0.2, 0) is 17.6 Å². The number of hydrogen-bond acceptors (Lipinski definition) is 4. The molecule has 0 bridgehead atoms. The van der Waals surface area contributed by atoms with Crippen LogP contribution in [0.4, 0.5) is 11.4 Å². The fourth-order valence-electron chi connectivity index (χ4n) is 3.96. The predicted molar refractivity (Wildman–Crippen MR) is 111 cm³/mol. The molecular formula is C22H26N2O2S. The number of benzene rings is 2. The van der Waals surface area contributed by atoms with Gasteiger partial charge in [-0.3, -0.25) is 14.6 Å². The van der Waals surface area contributed by atoms with Crippen molar-refractivity contribution in [3.63, 3.8) is 0 Å². The second-order valence-corrected chi connectivity index (χ2v) is 8.15. The lowest BCUT2D eigenvalue weighted by Gasteiger charge is -2.33. The van der Waals surface area contributed by atoms with Crippen molar-refractivity contribution in [3.05, 3.63) is 41.5 Å². The van der Waals surface area contributed by atoms with Crippen molar-refractivity contribution < 1.29 is 9.53 Å². The molecular weight excluding hydrogens is 356 g/mol. The first-order valence-electron chi connectivity index (χ1n) is 9.71. The molecule has 0 spiro atoms. The van der Waals surface area contributed by atoms with E-state index < -0.39 is 0 Å². The quantitative estimate of drug-likeness (QED) is 0.753. The highest BCUT2D eigenvalue weighted by atomic mass is 32.2. The summed E-state index contributed by atoms with van der Waals surface area (Å²) in [6.07, 6.45) is 3.46. The van der Waals surface area contributed by atoms with Gasteiger partial charge in [-0.15, -0.1) is 0 Å². The van der Waals surface area contributed by atoms with Crippen LogP contribution in [0.2, 0.25) is 0 Å². The molecule has 4 nitrogen and oxygen atoms in total. The Hall–Kier alpha value is -1.98. The third-order valence-electron chi connectivity index (χ3n) is 5.54. The largest absolute Gasteiger partial charge is 0.497 e. The Morgan fingerprint density at radius 2 is 1.78 bits per heavy atom. The highest BCUT2D eigenvalue weighted by molar-refractivity contribution is 7.99. The summed E-state index contributed by atoms with van der Waals surface area (Å²) in [6.45, 7) is 6.37. The van der Waals surface area contributed by atoms with E-state index in [9.17, 15) is 4.79 Å². The molecule has 0 unspecified atom stereocenters. The number of hydrogen-bond donors (Lipinski definition) is 0. The topological polar surface area (TPSA) is 32.8 Å². The highest BCUT2D eigenvalue weighted by Gasteiger charge is 2.31. The van der Waals surface area contributed by atoms with E-state index >= 15 is 0 Å². The zero-order valence-corrected chi connectivity index (χ0v) is 17.1. The molecule has 142 valence electrons. The summed E-state index contributed by atoms with van der Waals surface area (Å²) in [6, 6.07) is 10.5. The summed E-state index contributed by atoms with van der Waals surface area (Å²) in [7, 11) is 1.68. The minimum absolute atomic E-state index is 0.129. The molecule has 0 saturated heterocycles. The number of amides is 1. The van der Waals surface area contributed by atoms with Crippen LogP contribution in [0.3, 0.4) is 0 Å². The minimum atomic E-state index is 0.129. The molecule has 2 aromatic rings. The predicted octanol–water partition coefficient (Wildman–Crippen LogP) is 4.66. The maximum Gasteiger partial charge on any atom is 0.245 e. The zero-order chi connectivity index (χ0) is 19.0. The third-order valence-corrected chi connectivity index (χ3v) is 6.64. The number of methoxy groups -OCH3 is 1. The van der Waals surface area contributed by atoms with E-state index in [-0.39, 0.29) is 5.91 Å². The van der Waals surface area contributed by atoms with Crippen molar-refractivity contribution in [2.75, 3.05) is 31.6 Å². The van der Waals surface area contributed by atoms with Gasteiger partial charge in [-0.2, -0.15) is 0 Å². The van der Waals surface area contributed by atoms with E-state index in [4.69, 9.17) is 4.74 Å². The van der Waals surface area contributed by atoms with E-state index in [0.717, 1.165) is 48.0 Å². The summed E-state index contributed by atoms with van der Waals surface area (Å²) >= 11 is 1.74. The average molecular weight is 383 g/mol. The first-order valence-corrected chi connectivity index (χ1v) is 10.5. The minimum Gasteiger partial charge on any atom is -0.497 e. The Morgan fingerprint density at radius 1 is 1.07 bits per heavy atom. The van der Waals surface area contributed by atoms with Crippen LogP contribution in [0.15, 0.2) is 40.1 Å². The van der Waals surface area contributed by atoms with Crippen LogP contribution in [0.25, 0.3) is 0 Å². The van der Waals surface area contributed by atoms with Gasteiger partial charge >= 0.3 is 0 Å². The number of fused-ring (bicyclic) bond motifs is 3. The van der Waals surface area contributed by atoms with Crippen LogP contribution in [0.5, 0.6) is 5.75 Å². The molecule has 0 fully saturated rings. The Kier molecular flexibility index (Phi) is 5.15. The molecule has 2 aromatic carbocycles. The van der Waals surface area contributed by atoms with Crippen LogP contribution in [0, 0.1) is 0 Å². The average Bonchev–Trinajstić information content (AvgIpc) is 3.15. The number of nitrogens with zero attached hydrogens (tertiary/aromatic N) is 2. The molecule has 1 amide bonds. The second kappa shape index (κ2) is 7.56. The maximum absolute atomic E-state index is 13.4. The Bertz CT molecular complexity index is 877. The standard InChI is InChI=1S/C22H26N2O2S/c1-4-23(5-2)14-22(25)24-18-10-9-17(26-3)13-21(18)27-20-12-16-8-6-7-15(16)11-19(20)24/h9-13H,4-8,14H2,1-3H3. The van der Waals surface area contributed by atoms with Gasteiger partial charge in [0.15, 0.2) is 0 Å². The molecule has 5 heteroatoms. The van der Waals surface area contributed by atoms with Gasteiger partial charge in [-0.25, -0.2) is 0 Å². The van der Waals surface area contributed by atoms with Crippen LogP contribution < -0.4 is 9.64 Å². The van der Waals surface area contributed by atoms with E-state index in [1.807, 2.05) is 23.1 Å². The van der Waals surface area contributed by atoms with Gasteiger partial charge in [0.1, 0.15) is 5.75 Å². The summed E-state index contributed by atoms with van der Waals surface area (Å²) in [4.78, 5) is 19.7. The molecule has 1 aliphatic heterocycles. The van der Waals surface area contributed by atoms with Crippen LogP contribution in [-0.4, -0.2) is 37.6 Å². The molecule has 0 saturated carbocycles. The summed E-state index contributed by atoms with van der Waals surface area (Å²) < 4.78 is 5.41. The maximum atomic E-state index is 13.4. The van der Waals surface area contributed by atoms with Crippen molar-refractivity contribution in [1.82, 2.24) is 4.90 Å². The van der Waals surface area contributed by atoms with E-state index in [1.54, 1.807) is 18.9 Å². The SMILES string of the molecule is CCN(CC)CC(=O)N1c2ccc(OC)cc2Sc2cc3c(cc21)CCC3. The molecule has 0 radical (unpaired) electrons. The molecule has 4 rings (SSSR count). The van der Waals surface area contributed by atoms with E-state index in [2.05, 4.69) is 30.9 Å². The summed E-state index contributed by atoms with van der Waals surface area (Å²) in [5.41, 5.74) is 4.83. The monoisotopic (exact) mass is 382 g/mol. The molecule has 1 heterocycles. The third kappa shape index (κ3) is 3.34. The molecule has 27 heavy (non-hydrogen) atoms. The van der Waals surface area contributed by atoms with Gasteiger partial charge in [0, 0.05) is 9.79 Å². The molecule has 2 aliphatic rings. The Morgan fingerprint density at radius 3 is 2.48 bits per heavy atom. The highest BCUT2D eigenvalue weighted by Crippen LogP contribution is 2.50. The lowest BCUT2D eigenvalue weighted by atomic mass is 10.1. The number of rotatable bonds is 5.